The lowest BCUT2D eigenvalue weighted by molar-refractivity contribution is -0.917. The lowest BCUT2D eigenvalue weighted by Crippen LogP contribution is -3.13. The monoisotopic (exact) mass is 498 g/mol. The van der Waals surface area contributed by atoms with Gasteiger partial charge in [-0.05, 0) is 35.7 Å². The van der Waals surface area contributed by atoms with Gasteiger partial charge in [0.25, 0.3) is 11.8 Å². The first-order chi connectivity index (χ1) is 17.5. The van der Waals surface area contributed by atoms with E-state index >= 15 is 0 Å². The molecule has 3 aromatic carbocycles. The van der Waals surface area contributed by atoms with Crippen LogP contribution in [0.25, 0.3) is 0 Å². The number of anilines is 1. The lowest BCUT2D eigenvalue weighted by Gasteiger charge is -2.34. The molecule has 2 aliphatic rings. The maximum absolute atomic E-state index is 13.8. The number of carbonyl (C=O) groups excluding carboxylic acids is 2. The van der Waals surface area contributed by atoms with Crippen molar-refractivity contribution in [1.29, 1.82) is 0 Å². The normalized spacial score (nSPS) is 17.0. The zero-order chi connectivity index (χ0) is 25.1. The van der Waals surface area contributed by atoms with Crippen LogP contribution in [0, 0.1) is 0 Å². The summed E-state index contributed by atoms with van der Waals surface area (Å²) in [6, 6.07) is 28.2. The number of hydrogen-bond acceptors (Lipinski definition) is 4. The van der Waals surface area contributed by atoms with E-state index in [1.54, 1.807) is 0 Å². The third-order valence-electron chi connectivity index (χ3n) is 6.88. The van der Waals surface area contributed by atoms with Crippen molar-refractivity contribution < 1.29 is 14.5 Å². The number of piperazine rings is 1. The molecule has 0 atom stereocenters. The molecule has 3 aromatic rings. The Balaban J connectivity index is 1.40. The second-order valence-corrected chi connectivity index (χ2v) is 10.8. The number of rotatable bonds is 7. The van der Waals surface area contributed by atoms with Crippen LogP contribution in [0.5, 0.6) is 0 Å². The molecule has 0 bridgehead atoms. The molecule has 1 saturated heterocycles. The fourth-order valence-corrected chi connectivity index (χ4v) is 5.85. The number of carbonyl (C=O) groups is 2. The van der Waals surface area contributed by atoms with E-state index in [1.165, 1.54) is 32.7 Å². The third kappa shape index (κ3) is 5.11. The lowest BCUT2D eigenvalue weighted by atomic mass is 10.0. The van der Waals surface area contributed by atoms with E-state index in [2.05, 4.69) is 43.0 Å². The van der Waals surface area contributed by atoms with Crippen LogP contribution >= 0.6 is 11.8 Å². The average Bonchev–Trinajstić information content (AvgIpc) is 3.14. The summed E-state index contributed by atoms with van der Waals surface area (Å²) < 4.78 is 0. The molecule has 5 nitrogen and oxygen atoms in total. The molecule has 2 amide bonds. The molecule has 1 fully saturated rings. The maximum Gasteiger partial charge on any atom is 0.283 e. The second kappa shape index (κ2) is 10.7. The highest BCUT2D eigenvalue weighted by molar-refractivity contribution is 8.04. The molecule has 184 valence electrons. The summed E-state index contributed by atoms with van der Waals surface area (Å²) in [4.78, 5) is 33.9. The van der Waals surface area contributed by atoms with Gasteiger partial charge in [0.2, 0.25) is 0 Å². The van der Waals surface area contributed by atoms with Crippen LogP contribution in [-0.2, 0) is 16.1 Å². The van der Waals surface area contributed by atoms with Gasteiger partial charge in [-0.2, -0.15) is 0 Å². The first-order valence-electron chi connectivity index (χ1n) is 12.6. The van der Waals surface area contributed by atoms with E-state index in [9.17, 15) is 9.59 Å². The molecule has 2 aliphatic heterocycles. The number of amides is 2. The zero-order valence-electron chi connectivity index (χ0n) is 20.8. The number of benzene rings is 3. The Morgan fingerprint density at radius 3 is 2.03 bits per heavy atom. The Hall–Kier alpha value is -3.35. The second-order valence-electron chi connectivity index (χ2n) is 9.68. The van der Waals surface area contributed by atoms with Crippen molar-refractivity contribution in [1.82, 2.24) is 4.90 Å². The van der Waals surface area contributed by atoms with Crippen LogP contribution in [0.4, 0.5) is 5.69 Å². The van der Waals surface area contributed by atoms with Gasteiger partial charge < -0.3 is 9.80 Å². The van der Waals surface area contributed by atoms with E-state index in [-0.39, 0.29) is 11.8 Å². The highest BCUT2D eigenvalue weighted by atomic mass is 32.2. The molecular formula is C30H32N3O2S+. The summed E-state index contributed by atoms with van der Waals surface area (Å²) in [7, 11) is 0. The number of thioether (sulfide) groups is 1. The molecule has 0 unspecified atom stereocenters. The Labute approximate surface area is 217 Å². The minimum atomic E-state index is -0.236. The summed E-state index contributed by atoms with van der Waals surface area (Å²) in [5, 5.41) is 0. The number of nitrogens with zero attached hydrogens (tertiary/aromatic N) is 2. The van der Waals surface area contributed by atoms with Gasteiger partial charge in [-0.1, -0.05) is 86.3 Å². The van der Waals surface area contributed by atoms with Crippen molar-refractivity contribution in [3.05, 3.63) is 107 Å². The van der Waals surface area contributed by atoms with E-state index in [0.29, 0.717) is 22.2 Å². The predicted molar refractivity (Wildman–Crippen MR) is 145 cm³/mol. The summed E-state index contributed by atoms with van der Waals surface area (Å²) >= 11 is 1.39. The van der Waals surface area contributed by atoms with Gasteiger partial charge in [-0.3, -0.25) is 9.59 Å². The van der Waals surface area contributed by atoms with Gasteiger partial charge in [-0.15, -0.1) is 0 Å². The first kappa shape index (κ1) is 24.3. The van der Waals surface area contributed by atoms with Gasteiger partial charge in [0, 0.05) is 10.5 Å². The van der Waals surface area contributed by atoms with Gasteiger partial charge in [0.05, 0.1) is 31.9 Å². The van der Waals surface area contributed by atoms with Gasteiger partial charge in [0.15, 0.2) is 0 Å². The van der Waals surface area contributed by atoms with Crippen molar-refractivity contribution in [3.8, 4) is 0 Å². The van der Waals surface area contributed by atoms with Gasteiger partial charge >= 0.3 is 0 Å². The summed E-state index contributed by atoms with van der Waals surface area (Å²) in [5.74, 6) is -0.0703. The maximum atomic E-state index is 13.8. The molecule has 6 heteroatoms. The molecule has 36 heavy (non-hydrogen) atoms. The molecule has 5 rings (SSSR count). The van der Waals surface area contributed by atoms with Crippen molar-refractivity contribution in [2.45, 2.75) is 31.2 Å². The standard InChI is InChI=1S/C30H31N3O2S/c1-22(2)24-13-15-25(16-14-24)33-29(34)27(28(30(33)35)36-26-11-7-4-8-12-26)32-19-17-31(18-20-32)21-23-9-5-3-6-10-23/h3-16,22H,17-21H2,1-2H3/p+1. The molecule has 0 saturated carbocycles. The molecule has 0 aliphatic carbocycles. The first-order valence-corrected chi connectivity index (χ1v) is 13.4. The highest BCUT2D eigenvalue weighted by Gasteiger charge is 2.43. The van der Waals surface area contributed by atoms with E-state index < -0.39 is 0 Å². The molecule has 2 heterocycles. The SMILES string of the molecule is CC(C)c1ccc(N2C(=O)C(Sc3ccccc3)=C(N3CC[NH+](Cc4ccccc4)CC3)C2=O)cc1. The molecule has 1 N–H and O–H groups in total. The van der Waals surface area contributed by atoms with E-state index in [4.69, 9.17) is 0 Å². The van der Waals surface area contributed by atoms with Crippen molar-refractivity contribution in [2.24, 2.45) is 0 Å². The number of quaternary nitrogens is 1. The number of imide groups is 1. The Morgan fingerprint density at radius 2 is 1.42 bits per heavy atom. The van der Waals surface area contributed by atoms with E-state index in [0.717, 1.165) is 37.6 Å². The van der Waals surface area contributed by atoms with Crippen LogP contribution in [0.2, 0.25) is 0 Å². The Morgan fingerprint density at radius 1 is 0.806 bits per heavy atom. The number of hydrogen-bond donors (Lipinski definition) is 1. The summed E-state index contributed by atoms with van der Waals surface area (Å²) in [6.07, 6.45) is 0. The van der Waals surface area contributed by atoms with Gasteiger partial charge in [0.1, 0.15) is 17.1 Å². The third-order valence-corrected chi connectivity index (χ3v) is 7.96. The van der Waals surface area contributed by atoms with Crippen LogP contribution in [0.15, 0.2) is 100 Å². The largest absolute Gasteiger partial charge is 0.355 e. The Bertz CT molecular complexity index is 1250. The zero-order valence-corrected chi connectivity index (χ0v) is 21.6. The van der Waals surface area contributed by atoms with Crippen LogP contribution in [0.3, 0.4) is 0 Å². The topological polar surface area (TPSA) is 45.1 Å². The fraction of sp³-hybridized carbons (Fsp3) is 0.267. The minimum absolute atomic E-state index is 0.220. The van der Waals surface area contributed by atoms with E-state index in [1.807, 2.05) is 60.7 Å². The molecule has 0 spiro atoms. The minimum Gasteiger partial charge on any atom is -0.355 e. The summed E-state index contributed by atoms with van der Waals surface area (Å²) in [5.41, 5.74) is 3.68. The fourth-order valence-electron chi connectivity index (χ4n) is 4.83. The molecule has 0 radical (unpaired) electrons. The molecular weight excluding hydrogens is 466 g/mol. The number of nitrogens with one attached hydrogen (secondary N) is 1. The van der Waals surface area contributed by atoms with Crippen LogP contribution in [-0.4, -0.2) is 42.9 Å². The Kier molecular flexibility index (Phi) is 7.25. The smallest absolute Gasteiger partial charge is 0.283 e. The summed E-state index contributed by atoms with van der Waals surface area (Å²) in [6.45, 7) is 8.58. The quantitative estimate of drug-likeness (QED) is 0.499. The van der Waals surface area contributed by atoms with Crippen LogP contribution in [0.1, 0.15) is 30.9 Å². The average molecular weight is 499 g/mol. The highest BCUT2D eigenvalue weighted by Crippen LogP contribution is 2.38. The predicted octanol–water partition coefficient (Wildman–Crippen LogP) is 4.09. The van der Waals surface area contributed by atoms with Crippen molar-refractivity contribution in [2.75, 3.05) is 31.1 Å². The van der Waals surface area contributed by atoms with Crippen LogP contribution < -0.4 is 9.80 Å². The van der Waals surface area contributed by atoms with Crippen molar-refractivity contribution >= 4 is 29.3 Å². The van der Waals surface area contributed by atoms with Gasteiger partial charge in [-0.25, -0.2) is 4.90 Å². The van der Waals surface area contributed by atoms with Crippen molar-refractivity contribution in [3.63, 3.8) is 0 Å². The molecule has 0 aromatic heterocycles.